The van der Waals surface area contributed by atoms with Gasteiger partial charge in [-0.1, -0.05) is 71.3 Å². The molecule has 4 atom stereocenters. The van der Waals surface area contributed by atoms with Crippen LogP contribution in [0.5, 0.6) is 0 Å². The summed E-state index contributed by atoms with van der Waals surface area (Å²) in [5.74, 6) is -3.74. The topological polar surface area (TPSA) is 308 Å². The van der Waals surface area contributed by atoms with Crippen molar-refractivity contribution in [2.75, 3.05) is 35.2 Å². The van der Waals surface area contributed by atoms with Crippen molar-refractivity contribution in [3.05, 3.63) is 94.8 Å². The zero-order chi connectivity index (χ0) is 55.0. The van der Waals surface area contributed by atoms with Gasteiger partial charge in [-0.15, -0.1) is 0 Å². The molecule has 4 aromatic rings. The fraction of sp³-hybridized carbons (Fsp3) is 0.480. The molecule has 19 nitrogen and oxygen atoms in total. The number of hydrogen-bond donors (Lipinski definition) is 7. The summed E-state index contributed by atoms with van der Waals surface area (Å²) in [6.45, 7) is 7.41. The maximum Gasteiger partial charge on any atom is 2.00 e. The number of carbonyl (C=O) groups is 2. The Labute approximate surface area is 465 Å². The van der Waals surface area contributed by atoms with Gasteiger partial charge in [0.15, 0.2) is 0 Å². The standard InChI is InChI=1S/2C22H28FN3O6S.C6H13N.Ca.2H/c2*1-13(2)20-18(10-9-16(27)11-17(28)12-19(29)30)21(14-5-7-15(23)8-6-14)25-22(24-20)26(3)33(4,31)32;7-6-4-2-1-3-5-6;;;/h2*5-10,13,16-17,27-28H,11-12H2,1-4H3,(H,29,30);6H,1-5,7H2;;;/q;;;+2;2*-1/t2*16-,17-;;;;/m11..../s1. The van der Waals surface area contributed by atoms with E-state index >= 15 is 0 Å². The second-order valence-corrected chi connectivity index (χ2v) is 22.4. The van der Waals surface area contributed by atoms with Crippen molar-refractivity contribution in [3.63, 3.8) is 0 Å². The Bertz CT molecular complexity index is 2580. The van der Waals surface area contributed by atoms with Crippen molar-refractivity contribution >= 4 is 93.8 Å². The number of carboxylic acid groups (broad SMARTS) is 2. The zero-order valence-electron chi connectivity index (χ0n) is 45.0. The molecule has 0 radical (unpaired) electrons. The predicted molar refractivity (Wildman–Crippen MR) is 284 cm³/mol. The van der Waals surface area contributed by atoms with Crippen LogP contribution in [0.1, 0.15) is 123 Å². The maximum atomic E-state index is 13.5. The Hall–Kier alpha value is -4.56. The van der Waals surface area contributed by atoms with Crippen LogP contribution in [0.2, 0.25) is 0 Å². The van der Waals surface area contributed by atoms with Gasteiger partial charge in [-0.05, 0) is 73.2 Å². The van der Waals surface area contributed by atoms with Crippen LogP contribution in [0.15, 0.2) is 60.7 Å². The van der Waals surface area contributed by atoms with Gasteiger partial charge in [0.25, 0.3) is 0 Å². The first-order valence-electron chi connectivity index (χ1n) is 23.5. The van der Waals surface area contributed by atoms with E-state index in [1.807, 2.05) is 27.7 Å². The number of aromatic nitrogens is 4. The maximum absolute atomic E-state index is 13.5. The quantitative estimate of drug-likeness (QED) is 0.0505. The average Bonchev–Trinajstić information content (AvgIpc) is 3.29. The van der Waals surface area contributed by atoms with Gasteiger partial charge >= 0.3 is 49.7 Å². The van der Waals surface area contributed by atoms with Crippen LogP contribution >= 0.6 is 0 Å². The average molecular weight is 1100 g/mol. The molecule has 2 aromatic heterocycles. The Balaban J connectivity index is 0.00000126. The zero-order valence-corrected chi connectivity index (χ0v) is 46.8. The molecule has 1 aliphatic rings. The van der Waals surface area contributed by atoms with Crippen molar-refractivity contribution in [3.8, 4) is 22.5 Å². The molecule has 1 fully saturated rings. The molecule has 0 saturated heterocycles. The van der Waals surface area contributed by atoms with Gasteiger partial charge in [-0.3, -0.25) is 9.59 Å². The van der Waals surface area contributed by atoms with Gasteiger partial charge in [-0.25, -0.2) is 54.2 Å². The van der Waals surface area contributed by atoms with E-state index in [0.29, 0.717) is 51.1 Å². The van der Waals surface area contributed by atoms with E-state index in [0.717, 1.165) is 21.1 Å². The van der Waals surface area contributed by atoms with Gasteiger partial charge < -0.3 is 39.2 Å². The number of aliphatic carboxylic acids is 2. The number of hydrogen-bond acceptors (Lipinski definition) is 15. The minimum Gasteiger partial charge on any atom is -1.00 e. The number of aliphatic hydroxyl groups is 4. The largest absolute Gasteiger partial charge is 2.00 e. The Morgan fingerprint density at radius 3 is 1.23 bits per heavy atom. The van der Waals surface area contributed by atoms with E-state index in [1.54, 1.807) is 0 Å². The smallest absolute Gasteiger partial charge is 1.00 e. The third-order valence-corrected chi connectivity index (χ3v) is 13.6. The molecule has 406 valence electrons. The van der Waals surface area contributed by atoms with Crippen LogP contribution in [0.3, 0.4) is 0 Å². The third-order valence-electron chi connectivity index (χ3n) is 11.3. The van der Waals surface area contributed by atoms with Crippen LogP contribution in [-0.4, -0.2) is 174 Å². The van der Waals surface area contributed by atoms with E-state index in [1.165, 1.54) is 119 Å². The Morgan fingerprint density at radius 1 is 0.649 bits per heavy atom. The van der Waals surface area contributed by atoms with Crippen molar-refractivity contribution in [2.24, 2.45) is 5.73 Å². The number of nitrogens with zero attached hydrogens (tertiary/aromatic N) is 6. The van der Waals surface area contributed by atoms with Crippen molar-refractivity contribution in [1.29, 1.82) is 0 Å². The number of rotatable bonds is 20. The Kier molecular flexibility index (Phi) is 26.8. The molecule has 8 N–H and O–H groups in total. The van der Waals surface area contributed by atoms with E-state index < -0.39 is 80.9 Å². The molecule has 0 bridgehead atoms. The summed E-state index contributed by atoms with van der Waals surface area (Å²) in [5.41, 5.74) is 9.24. The summed E-state index contributed by atoms with van der Waals surface area (Å²) in [6, 6.07) is 11.5. The summed E-state index contributed by atoms with van der Waals surface area (Å²) in [4.78, 5) is 39.1. The van der Waals surface area contributed by atoms with E-state index in [4.69, 9.17) is 15.9 Å². The Morgan fingerprint density at radius 2 is 0.973 bits per heavy atom. The molecule has 1 aliphatic carbocycles. The number of aliphatic hydroxyl groups excluding tert-OH is 4. The minimum absolute atomic E-state index is 0. The number of sulfonamides is 2. The van der Waals surface area contributed by atoms with Crippen LogP contribution in [0.4, 0.5) is 20.7 Å². The van der Waals surface area contributed by atoms with Crippen LogP contribution in [0, 0.1) is 11.6 Å². The molecule has 2 aromatic carbocycles. The number of anilines is 2. The number of benzene rings is 2. The predicted octanol–water partition coefficient (Wildman–Crippen LogP) is 5.93. The SMILES string of the molecule is CC(C)c1nc(N(C)S(C)(=O)=O)nc(-c2ccc(F)cc2)c1C=C[C@@H](O)C[C@@H](O)CC(=O)O.CC(C)c1nc(N(C)S(C)(=O)=O)nc(-c2ccc(F)cc2)c1C=C[C@@H](O)C[C@@H](O)CC(=O)O.NC1CCCCC1.[Ca+2].[H-].[H-]. The van der Waals surface area contributed by atoms with Gasteiger partial charge in [-0.2, -0.15) is 0 Å². The van der Waals surface area contributed by atoms with Gasteiger partial charge in [0.2, 0.25) is 31.9 Å². The molecule has 0 unspecified atom stereocenters. The number of carboxylic acids is 2. The first kappa shape index (κ1) is 65.6. The molecule has 0 amide bonds. The molecule has 24 heteroatoms. The molecule has 1 saturated carbocycles. The molecule has 5 rings (SSSR count). The number of halogens is 2. The normalized spacial score (nSPS) is 14.8. The van der Waals surface area contributed by atoms with Crippen LogP contribution in [-0.2, 0) is 29.6 Å². The summed E-state index contributed by atoms with van der Waals surface area (Å²) in [7, 11) is -4.65. The molecular weight excluding hydrogens is 1030 g/mol. The first-order chi connectivity index (χ1) is 34.0. The van der Waals surface area contributed by atoms with Gasteiger partial charge in [0.1, 0.15) is 11.6 Å². The van der Waals surface area contributed by atoms with Crippen LogP contribution in [0.25, 0.3) is 34.7 Å². The van der Waals surface area contributed by atoms with Gasteiger partial charge in [0.05, 0.1) is 72.5 Å². The fourth-order valence-corrected chi connectivity index (χ4v) is 7.98. The minimum atomic E-state index is -3.65. The second kappa shape index (κ2) is 30.2. The third kappa shape index (κ3) is 21.6. The van der Waals surface area contributed by atoms with E-state index in [2.05, 4.69) is 19.9 Å². The van der Waals surface area contributed by atoms with Gasteiger partial charge in [0, 0.05) is 55.2 Å². The van der Waals surface area contributed by atoms with Crippen molar-refractivity contribution in [1.82, 2.24) is 19.9 Å². The fourth-order valence-electron chi connectivity index (χ4n) is 7.22. The molecule has 0 spiro atoms. The summed E-state index contributed by atoms with van der Waals surface area (Å²) in [5, 5.41) is 57.6. The van der Waals surface area contributed by atoms with Crippen LogP contribution < -0.4 is 14.3 Å². The van der Waals surface area contributed by atoms with E-state index in [9.17, 15) is 55.6 Å². The first-order valence-corrected chi connectivity index (χ1v) is 27.2. The monoisotopic (exact) mass is 1100 g/mol. The van der Waals surface area contributed by atoms with E-state index in [-0.39, 0.29) is 77.2 Å². The summed E-state index contributed by atoms with van der Waals surface area (Å²) >= 11 is 0. The molecule has 2 heterocycles. The second-order valence-electron chi connectivity index (χ2n) is 18.4. The molecule has 0 aliphatic heterocycles. The van der Waals surface area contributed by atoms with Crippen molar-refractivity contribution in [2.45, 2.75) is 128 Å². The van der Waals surface area contributed by atoms with Crippen molar-refractivity contribution < 1.29 is 68.7 Å². The summed E-state index contributed by atoms with van der Waals surface area (Å²) in [6.07, 6.45) is 8.38. The molecular formula is C50H71CaF2N7O12S2. The molecule has 74 heavy (non-hydrogen) atoms. The summed E-state index contributed by atoms with van der Waals surface area (Å²) < 4.78 is 77.2. The number of nitrogens with two attached hydrogens (primary N) is 1.